The van der Waals surface area contributed by atoms with Crippen LogP contribution in [0.5, 0.6) is 0 Å². The summed E-state index contributed by atoms with van der Waals surface area (Å²) in [4.78, 5) is 2.29. The summed E-state index contributed by atoms with van der Waals surface area (Å²) in [7, 11) is 2.13. The highest BCUT2D eigenvalue weighted by Gasteiger charge is 2.05. The van der Waals surface area contributed by atoms with Crippen molar-refractivity contribution >= 4 is 5.69 Å². The molecule has 1 aromatic carbocycles. The predicted octanol–water partition coefficient (Wildman–Crippen LogP) is 2.97. The van der Waals surface area contributed by atoms with E-state index in [1.165, 1.54) is 17.7 Å². The van der Waals surface area contributed by atoms with E-state index in [2.05, 4.69) is 44.9 Å². The lowest BCUT2D eigenvalue weighted by molar-refractivity contribution is 0.282. The molecule has 0 amide bonds. The third-order valence-electron chi connectivity index (χ3n) is 2.90. The monoisotopic (exact) mass is 221 g/mol. The van der Waals surface area contributed by atoms with Gasteiger partial charge in [0.05, 0.1) is 6.61 Å². The topological polar surface area (TPSA) is 23.5 Å². The molecule has 0 spiro atoms. The zero-order valence-corrected chi connectivity index (χ0v) is 10.8. The number of hydrogen-bond donors (Lipinski definition) is 1. The molecule has 0 aliphatic heterocycles. The van der Waals surface area contributed by atoms with Crippen molar-refractivity contribution in [2.24, 2.45) is 5.92 Å². The Bertz CT molecular complexity index is 334. The summed E-state index contributed by atoms with van der Waals surface area (Å²) in [6.07, 6.45) is 1.21. The largest absolute Gasteiger partial charge is 0.392 e. The fourth-order valence-corrected chi connectivity index (χ4v) is 1.82. The molecule has 0 aliphatic rings. The lowest BCUT2D eigenvalue weighted by Crippen LogP contribution is -2.20. The summed E-state index contributed by atoms with van der Waals surface area (Å²) in [6.45, 7) is 7.79. The molecule has 2 heteroatoms. The molecule has 16 heavy (non-hydrogen) atoms. The van der Waals surface area contributed by atoms with E-state index in [9.17, 15) is 0 Å². The maximum Gasteiger partial charge on any atom is 0.0681 e. The van der Waals surface area contributed by atoms with Crippen LogP contribution in [0.1, 0.15) is 31.4 Å². The van der Waals surface area contributed by atoms with Gasteiger partial charge in [-0.05, 0) is 36.5 Å². The third kappa shape index (κ3) is 3.53. The van der Waals surface area contributed by atoms with Crippen LogP contribution in [0, 0.1) is 12.8 Å². The van der Waals surface area contributed by atoms with Crippen molar-refractivity contribution < 1.29 is 5.11 Å². The van der Waals surface area contributed by atoms with Crippen molar-refractivity contribution in [3.63, 3.8) is 0 Å². The summed E-state index contributed by atoms with van der Waals surface area (Å²) in [5.41, 5.74) is 3.48. The predicted molar refractivity (Wildman–Crippen MR) is 69.8 cm³/mol. The third-order valence-corrected chi connectivity index (χ3v) is 2.90. The van der Waals surface area contributed by atoms with Crippen molar-refractivity contribution in [1.29, 1.82) is 0 Å². The van der Waals surface area contributed by atoms with Crippen molar-refractivity contribution in [2.75, 3.05) is 18.5 Å². The first-order valence-electron chi connectivity index (χ1n) is 5.96. The first-order chi connectivity index (χ1) is 7.54. The molecule has 0 bridgehead atoms. The first-order valence-corrected chi connectivity index (χ1v) is 5.96. The summed E-state index contributed by atoms with van der Waals surface area (Å²) >= 11 is 0. The molecule has 2 nitrogen and oxygen atoms in total. The summed E-state index contributed by atoms with van der Waals surface area (Å²) in [5, 5.41) is 9.05. The molecule has 1 aromatic rings. The minimum Gasteiger partial charge on any atom is -0.392 e. The number of aliphatic hydroxyl groups is 1. The van der Waals surface area contributed by atoms with Crippen LogP contribution < -0.4 is 4.90 Å². The minimum absolute atomic E-state index is 0.122. The quantitative estimate of drug-likeness (QED) is 0.826. The second-order valence-corrected chi connectivity index (χ2v) is 4.88. The van der Waals surface area contributed by atoms with Crippen LogP contribution in [0.3, 0.4) is 0 Å². The Morgan fingerprint density at radius 2 is 2.00 bits per heavy atom. The lowest BCUT2D eigenvalue weighted by Gasteiger charge is -2.22. The molecule has 0 unspecified atom stereocenters. The first kappa shape index (κ1) is 13.0. The van der Waals surface area contributed by atoms with Crippen molar-refractivity contribution in [1.82, 2.24) is 0 Å². The van der Waals surface area contributed by atoms with Gasteiger partial charge in [0.1, 0.15) is 0 Å². The molecular formula is C14H23NO. The van der Waals surface area contributed by atoms with Gasteiger partial charge < -0.3 is 10.0 Å². The Kier molecular flexibility index (Phi) is 4.81. The standard InChI is InChI=1S/C14H23NO/c1-11(2)7-8-15(4)14-6-5-13(10-16)9-12(14)3/h5-6,9,11,16H,7-8,10H2,1-4H3. The smallest absolute Gasteiger partial charge is 0.0681 e. The molecule has 1 rings (SSSR count). The van der Waals surface area contributed by atoms with Crippen molar-refractivity contribution in [3.8, 4) is 0 Å². The highest BCUT2D eigenvalue weighted by atomic mass is 16.3. The molecule has 0 atom stereocenters. The number of nitrogens with zero attached hydrogens (tertiary/aromatic N) is 1. The van der Waals surface area contributed by atoms with Gasteiger partial charge in [-0.2, -0.15) is 0 Å². The van der Waals surface area contributed by atoms with Gasteiger partial charge in [0, 0.05) is 19.3 Å². The molecule has 0 saturated heterocycles. The van der Waals surface area contributed by atoms with Gasteiger partial charge in [0.15, 0.2) is 0 Å². The van der Waals surface area contributed by atoms with E-state index >= 15 is 0 Å². The Hall–Kier alpha value is -1.02. The Morgan fingerprint density at radius 3 is 2.50 bits per heavy atom. The van der Waals surface area contributed by atoms with Gasteiger partial charge in [-0.1, -0.05) is 26.0 Å². The zero-order chi connectivity index (χ0) is 12.1. The molecule has 90 valence electrons. The van der Waals surface area contributed by atoms with Crippen LogP contribution in [0.4, 0.5) is 5.69 Å². The van der Waals surface area contributed by atoms with Gasteiger partial charge in [-0.15, -0.1) is 0 Å². The van der Waals surface area contributed by atoms with Crippen LogP contribution in [0.25, 0.3) is 0 Å². The summed E-state index contributed by atoms with van der Waals surface area (Å²) < 4.78 is 0. The van der Waals surface area contributed by atoms with Gasteiger partial charge in [-0.25, -0.2) is 0 Å². The van der Waals surface area contributed by atoms with Crippen LogP contribution in [0.15, 0.2) is 18.2 Å². The van der Waals surface area contributed by atoms with Crippen LogP contribution >= 0.6 is 0 Å². The highest BCUT2D eigenvalue weighted by molar-refractivity contribution is 5.53. The number of hydrogen-bond acceptors (Lipinski definition) is 2. The SMILES string of the molecule is Cc1cc(CO)ccc1N(C)CCC(C)C. The van der Waals surface area contributed by atoms with E-state index < -0.39 is 0 Å². The van der Waals surface area contributed by atoms with Crippen molar-refractivity contribution in [2.45, 2.75) is 33.8 Å². The Labute approximate surface area is 98.9 Å². The van der Waals surface area contributed by atoms with Crippen molar-refractivity contribution in [3.05, 3.63) is 29.3 Å². The number of rotatable bonds is 5. The molecule has 0 aliphatic carbocycles. The molecule has 0 fully saturated rings. The zero-order valence-electron chi connectivity index (χ0n) is 10.8. The van der Waals surface area contributed by atoms with E-state index in [-0.39, 0.29) is 6.61 Å². The van der Waals surface area contributed by atoms with E-state index in [0.717, 1.165) is 18.0 Å². The molecule has 0 radical (unpaired) electrons. The van der Waals surface area contributed by atoms with E-state index in [1.54, 1.807) is 0 Å². The number of benzene rings is 1. The average molecular weight is 221 g/mol. The van der Waals surface area contributed by atoms with Crippen LogP contribution in [-0.4, -0.2) is 18.7 Å². The van der Waals surface area contributed by atoms with E-state index in [4.69, 9.17) is 5.11 Å². The second kappa shape index (κ2) is 5.90. The number of aryl methyl sites for hydroxylation is 1. The van der Waals surface area contributed by atoms with Crippen LogP contribution in [0.2, 0.25) is 0 Å². The van der Waals surface area contributed by atoms with Crippen LogP contribution in [-0.2, 0) is 6.61 Å². The maximum absolute atomic E-state index is 9.05. The van der Waals surface area contributed by atoms with Gasteiger partial charge in [-0.3, -0.25) is 0 Å². The number of aliphatic hydroxyl groups excluding tert-OH is 1. The van der Waals surface area contributed by atoms with Gasteiger partial charge in [0.25, 0.3) is 0 Å². The summed E-state index contributed by atoms with van der Waals surface area (Å²) in [6, 6.07) is 6.15. The van der Waals surface area contributed by atoms with Gasteiger partial charge in [0.2, 0.25) is 0 Å². The maximum atomic E-state index is 9.05. The normalized spacial score (nSPS) is 10.9. The minimum atomic E-state index is 0.122. The molecular weight excluding hydrogens is 198 g/mol. The summed E-state index contributed by atoms with van der Waals surface area (Å²) in [5.74, 6) is 0.736. The fraction of sp³-hybridized carbons (Fsp3) is 0.571. The van der Waals surface area contributed by atoms with E-state index in [0.29, 0.717) is 0 Å². The Balaban J connectivity index is 2.71. The average Bonchev–Trinajstić information content (AvgIpc) is 2.25. The Morgan fingerprint density at radius 1 is 1.31 bits per heavy atom. The lowest BCUT2D eigenvalue weighted by atomic mass is 10.1. The molecule has 0 saturated carbocycles. The fourth-order valence-electron chi connectivity index (χ4n) is 1.82. The highest BCUT2D eigenvalue weighted by Crippen LogP contribution is 2.21. The molecule has 1 N–H and O–H groups in total. The number of anilines is 1. The molecule has 0 aromatic heterocycles. The molecule has 0 heterocycles. The van der Waals surface area contributed by atoms with Gasteiger partial charge >= 0.3 is 0 Å². The van der Waals surface area contributed by atoms with E-state index in [1.807, 2.05) is 6.07 Å². The second-order valence-electron chi connectivity index (χ2n) is 4.88.